The first kappa shape index (κ1) is 15.9. The van der Waals surface area contributed by atoms with E-state index in [-0.39, 0.29) is 11.6 Å². The molecule has 1 saturated heterocycles. The van der Waals surface area contributed by atoms with Crippen molar-refractivity contribution in [1.29, 1.82) is 0 Å². The maximum Gasteiger partial charge on any atom is 0.238 e. The summed E-state index contributed by atoms with van der Waals surface area (Å²) in [4.78, 5) is 16.4. The zero-order chi connectivity index (χ0) is 15.1. The smallest absolute Gasteiger partial charge is 0.238 e. The fraction of sp³-hybridized carbons (Fsp3) is 0.533. The monoisotopic (exact) mass is 294 g/mol. The largest absolute Gasteiger partial charge is 0.330 e. The summed E-state index contributed by atoms with van der Waals surface area (Å²) in [5.74, 6) is -0.576. The molecule has 21 heavy (non-hydrogen) atoms. The molecular formula is C15H23FN4O. The third-order valence-corrected chi connectivity index (χ3v) is 3.66. The van der Waals surface area contributed by atoms with Crippen molar-refractivity contribution in [2.75, 3.05) is 51.1 Å². The molecular weight excluding hydrogens is 271 g/mol. The van der Waals surface area contributed by atoms with Crippen molar-refractivity contribution in [2.24, 2.45) is 5.73 Å². The number of carbonyl (C=O) groups excluding carboxylic acids is 1. The zero-order valence-electron chi connectivity index (χ0n) is 12.2. The summed E-state index contributed by atoms with van der Waals surface area (Å²) in [7, 11) is 0. The standard InChI is InChI=1S/C15H23FN4O/c16-13-4-1-2-5-14(13)18-15(21)12-20-10-8-19(9-11-20)7-3-6-17/h1-2,4-5H,3,6-12,17H2,(H,18,21). The number of hydrogen-bond donors (Lipinski definition) is 2. The van der Waals surface area contributed by atoms with Crippen LogP contribution in [0.15, 0.2) is 24.3 Å². The first-order valence-electron chi connectivity index (χ1n) is 7.38. The molecule has 1 fully saturated rings. The molecule has 0 saturated carbocycles. The molecule has 0 atom stereocenters. The molecule has 1 aromatic carbocycles. The number of nitrogens with two attached hydrogens (primary N) is 1. The number of nitrogens with zero attached hydrogens (tertiary/aromatic N) is 2. The van der Waals surface area contributed by atoms with E-state index in [1.54, 1.807) is 18.2 Å². The maximum atomic E-state index is 13.5. The second-order valence-corrected chi connectivity index (χ2v) is 5.29. The van der Waals surface area contributed by atoms with E-state index in [0.29, 0.717) is 13.1 Å². The van der Waals surface area contributed by atoms with Gasteiger partial charge in [0, 0.05) is 26.2 Å². The minimum absolute atomic E-state index is 0.171. The maximum absolute atomic E-state index is 13.5. The fourth-order valence-corrected chi connectivity index (χ4v) is 2.44. The zero-order valence-corrected chi connectivity index (χ0v) is 12.2. The molecule has 0 aromatic heterocycles. The topological polar surface area (TPSA) is 61.6 Å². The van der Waals surface area contributed by atoms with E-state index in [9.17, 15) is 9.18 Å². The van der Waals surface area contributed by atoms with E-state index in [2.05, 4.69) is 15.1 Å². The molecule has 0 spiro atoms. The summed E-state index contributed by atoms with van der Waals surface area (Å²) >= 11 is 0. The number of para-hydroxylation sites is 1. The normalized spacial score (nSPS) is 16.9. The lowest BCUT2D eigenvalue weighted by Crippen LogP contribution is -2.48. The van der Waals surface area contributed by atoms with Gasteiger partial charge in [-0.1, -0.05) is 12.1 Å². The summed E-state index contributed by atoms with van der Waals surface area (Å²) in [5.41, 5.74) is 5.74. The predicted octanol–water partition coefficient (Wildman–Crippen LogP) is 0.731. The Morgan fingerprint density at radius 3 is 2.52 bits per heavy atom. The number of halogens is 1. The quantitative estimate of drug-likeness (QED) is 0.812. The number of piperazine rings is 1. The van der Waals surface area contributed by atoms with Crippen LogP contribution in [0.5, 0.6) is 0 Å². The molecule has 1 aliphatic rings. The molecule has 5 nitrogen and oxygen atoms in total. The van der Waals surface area contributed by atoms with Crippen LogP contribution in [-0.2, 0) is 4.79 Å². The molecule has 0 radical (unpaired) electrons. The second-order valence-electron chi connectivity index (χ2n) is 5.29. The summed E-state index contributed by atoms with van der Waals surface area (Å²) in [6.07, 6.45) is 1.01. The Labute approximate surface area is 124 Å². The van der Waals surface area contributed by atoms with E-state index in [1.165, 1.54) is 6.07 Å². The number of benzene rings is 1. The van der Waals surface area contributed by atoms with Gasteiger partial charge in [-0.05, 0) is 31.6 Å². The van der Waals surface area contributed by atoms with Crippen LogP contribution in [0.1, 0.15) is 6.42 Å². The molecule has 116 valence electrons. The molecule has 3 N–H and O–H groups in total. The Morgan fingerprint density at radius 2 is 1.86 bits per heavy atom. The minimum Gasteiger partial charge on any atom is -0.330 e. The number of carbonyl (C=O) groups is 1. The molecule has 6 heteroatoms. The molecule has 0 aliphatic carbocycles. The highest BCUT2D eigenvalue weighted by atomic mass is 19.1. The number of hydrogen-bond acceptors (Lipinski definition) is 4. The number of rotatable bonds is 6. The Bertz CT molecular complexity index is 461. The number of nitrogens with one attached hydrogen (secondary N) is 1. The van der Waals surface area contributed by atoms with Gasteiger partial charge >= 0.3 is 0 Å². The van der Waals surface area contributed by atoms with E-state index >= 15 is 0 Å². The van der Waals surface area contributed by atoms with Crippen LogP contribution >= 0.6 is 0 Å². The van der Waals surface area contributed by atoms with Crippen molar-refractivity contribution in [2.45, 2.75) is 6.42 Å². The summed E-state index contributed by atoms with van der Waals surface area (Å²) in [6, 6.07) is 6.21. The van der Waals surface area contributed by atoms with Crippen molar-refractivity contribution in [3.63, 3.8) is 0 Å². The first-order chi connectivity index (χ1) is 10.2. The summed E-state index contributed by atoms with van der Waals surface area (Å²) in [5, 5.41) is 2.62. The van der Waals surface area contributed by atoms with Gasteiger partial charge in [0.1, 0.15) is 5.82 Å². The molecule has 1 heterocycles. The van der Waals surface area contributed by atoms with E-state index in [4.69, 9.17) is 5.73 Å². The molecule has 0 unspecified atom stereocenters. The Kier molecular flexibility index (Phi) is 6.10. The highest BCUT2D eigenvalue weighted by Crippen LogP contribution is 2.12. The molecule has 1 amide bonds. The molecule has 1 aliphatic heterocycles. The lowest BCUT2D eigenvalue weighted by Gasteiger charge is -2.34. The third-order valence-electron chi connectivity index (χ3n) is 3.66. The van der Waals surface area contributed by atoms with Crippen LogP contribution in [0.4, 0.5) is 10.1 Å². The van der Waals surface area contributed by atoms with Gasteiger partial charge in [0.15, 0.2) is 0 Å². The number of amides is 1. The van der Waals surface area contributed by atoms with Crippen LogP contribution in [0.25, 0.3) is 0 Å². The average Bonchev–Trinajstić information content (AvgIpc) is 2.49. The van der Waals surface area contributed by atoms with Crippen LogP contribution < -0.4 is 11.1 Å². The second kappa shape index (κ2) is 8.07. The Hall–Kier alpha value is -1.50. The van der Waals surface area contributed by atoms with Crippen molar-refractivity contribution < 1.29 is 9.18 Å². The highest BCUT2D eigenvalue weighted by Gasteiger charge is 2.18. The first-order valence-corrected chi connectivity index (χ1v) is 7.38. The number of anilines is 1. The molecule has 2 rings (SSSR count). The van der Waals surface area contributed by atoms with E-state index in [1.807, 2.05) is 0 Å². The van der Waals surface area contributed by atoms with Gasteiger partial charge in [0.2, 0.25) is 5.91 Å². The van der Waals surface area contributed by atoms with Crippen LogP contribution in [0.3, 0.4) is 0 Å². The van der Waals surface area contributed by atoms with Gasteiger partial charge < -0.3 is 16.0 Å². The van der Waals surface area contributed by atoms with E-state index < -0.39 is 5.82 Å². The summed E-state index contributed by atoms with van der Waals surface area (Å²) in [6.45, 7) is 5.65. The van der Waals surface area contributed by atoms with Gasteiger partial charge in [0.25, 0.3) is 0 Å². The van der Waals surface area contributed by atoms with Crippen LogP contribution in [-0.4, -0.2) is 61.5 Å². The minimum atomic E-state index is -0.405. The predicted molar refractivity (Wildman–Crippen MR) is 81.6 cm³/mol. The molecule has 0 bridgehead atoms. The lowest BCUT2D eigenvalue weighted by molar-refractivity contribution is -0.117. The van der Waals surface area contributed by atoms with Gasteiger partial charge in [-0.2, -0.15) is 0 Å². The fourth-order valence-electron chi connectivity index (χ4n) is 2.44. The lowest BCUT2D eigenvalue weighted by atomic mass is 10.2. The van der Waals surface area contributed by atoms with Crippen molar-refractivity contribution in [3.8, 4) is 0 Å². The van der Waals surface area contributed by atoms with Crippen LogP contribution in [0, 0.1) is 5.82 Å². The Morgan fingerprint density at radius 1 is 1.19 bits per heavy atom. The van der Waals surface area contributed by atoms with Crippen molar-refractivity contribution in [3.05, 3.63) is 30.1 Å². The average molecular weight is 294 g/mol. The van der Waals surface area contributed by atoms with Crippen LogP contribution in [0.2, 0.25) is 0 Å². The van der Waals surface area contributed by atoms with Crippen molar-refractivity contribution in [1.82, 2.24) is 9.80 Å². The van der Waals surface area contributed by atoms with Gasteiger partial charge in [-0.15, -0.1) is 0 Å². The molecule has 1 aromatic rings. The summed E-state index contributed by atoms with van der Waals surface area (Å²) < 4.78 is 13.5. The van der Waals surface area contributed by atoms with Crippen molar-refractivity contribution >= 4 is 11.6 Å². The SMILES string of the molecule is NCCCN1CCN(CC(=O)Nc2ccccc2F)CC1. The van der Waals surface area contributed by atoms with E-state index in [0.717, 1.165) is 39.1 Å². The highest BCUT2D eigenvalue weighted by molar-refractivity contribution is 5.92. The van der Waals surface area contributed by atoms with Gasteiger partial charge in [-0.25, -0.2) is 4.39 Å². The van der Waals surface area contributed by atoms with Gasteiger partial charge in [0.05, 0.1) is 12.2 Å². The Balaban J connectivity index is 1.73. The third kappa shape index (κ3) is 5.08. The van der Waals surface area contributed by atoms with Gasteiger partial charge in [-0.3, -0.25) is 9.69 Å².